The summed E-state index contributed by atoms with van der Waals surface area (Å²) in [7, 11) is 0. The van der Waals surface area contributed by atoms with Gasteiger partial charge in [-0.3, -0.25) is 13.9 Å². The van der Waals surface area contributed by atoms with Gasteiger partial charge in [0, 0.05) is 6.20 Å². The van der Waals surface area contributed by atoms with Gasteiger partial charge in [-0.15, -0.1) is 17.8 Å². The number of ether oxygens (including phenoxy) is 1. The molecule has 2 aromatic heterocycles. The molecule has 7 nitrogen and oxygen atoms in total. The average molecular weight is 395 g/mol. The van der Waals surface area contributed by atoms with Crippen LogP contribution in [0.1, 0.15) is 22.2 Å². The molecule has 28 heavy (non-hydrogen) atoms. The normalized spacial score (nSPS) is 10.4. The zero-order valence-corrected chi connectivity index (χ0v) is 15.9. The zero-order valence-electron chi connectivity index (χ0n) is 15.1. The molecule has 0 amide bonds. The second-order valence-electron chi connectivity index (χ2n) is 5.78. The molecule has 2 heterocycles. The highest BCUT2D eigenvalue weighted by atomic mass is 32.1. The Balaban J connectivity index is 2.11. The number of esters is 1. The van der Waals surface area contributed by atoms with Crippen molar-refractivity contribution in [2.45, 2.75) is 20.0 Å². The lowest BCUT2D eigenvalue weighted by molar-refractivity contribution is 0.0532. The molecule has 3 rings (SSSR count). The molecule has 0 N–H and O–H groups in total. The fourth-order valence-corrected chi connectivity index (χ4v) is 3.42. The summed E-state index contributed by atoms with van der Waals surface area (Å²) in [6.45, 7) is 2.06. The van der Waals surface area contributed by atoms with E-state index in [1.807, 2.05) is 30.3 Å². The molecule has 0 aliphatic rings. The molecule has 0 aliphatic carbocycles. The van der Waals surface area contributed by atoms with E-state index in [9.17, 15) is 14.4 Å². The van der Waals surface area contributed by atoms with Crippen molar-refractivity contribution in [2.75, 3.05) is 6.61 Å². The fourth-order valence-electron chi connectivity index (χ4n) is 2.61. The van der Waals surface area contributed by atoms with Gasteiger partial charge in [0.15, 0.2) is 0 Å². The molecular weight excluding hydrogens is 378 g/mol. The monoisotopic (exact) mass is 395 g/mol. The first-order valence-electron chi connectivity index (χ1n) is 8.50. The molecule has 0 saturated carbocycles. The van der Waals surface area contributed by atoms with Gasteiger partial charge in [0.1, 0.15) is 9.88 Å². The van der Waals surface area contributed by atoms with E-state index in [0.717, 1.165) is 21.5 Å². The number of benzene rings is 1. The number of carbonyl (C=O) groups is 1. The quantitative estimate of drug-likeness (QED) is 0.471. The molecule has 0 radical (unpaired) electrons. The largest absolute Gasteiger partial charge is 0.462 e. The SMILES string of the molecule is C#CCn1cc(-c2ncc(C(=O)OCC)s2)c(=O)n(Cc2ccccc2)c1=O. The summed E-state index contributed by atoms with van der Waals surface area (Å²) < 4.78 is 7.36. The van der Waals surface area contributed by atoms with E-state index in [4.69, 9.17) is 11.2 Å². The van der Waals surface area contributed by atoms with Crippen molar-refractivity contribution in [1.82, 2.24) is 14.1 Å². The maximum atomic E-state index is 13.0. The molecule has 0 atom stereocenters. The van der Waals surface area contributed by atoms with Gasteiger partial charge < -0.3 is 4.74 Å². The van der Waals surface area contributed by atoms with Gasteiger partial charge in [-0.2, -0.15) is 0 Å². The van der Waals surface area contributed by atoms with Crippen LogP contribution in [0.25, 0.3) is 10.6 Å². The van der Waals surface area contributed by atoms with E-state index in [1.54, 1.807) is 6.92 Å². The van der Waals surface area contributed by atoms with Gasteiger partial charge in [-0.25, -0.2) is 14.6 Å². The fraction of sp³-hybridized carbons (Fsp3) is 0.200. The van der Waals surface area contributed by atoms with Crippen LogP contribution in [0, 0.1) is 12.3 Å². The Morgan fingerprint density at radius 1 is 1.29 bits per heavy atom. The van der Waals surface area contributed by atoms with Crippen molar-refractivity contribution in [3.8, 4) is 22.9 Å². The van der Waals surface area contributed by atoms with Gasteiger partial charge in [0.05, 0.1) is 31.5 Å². The van der Waals surface area contributed by atoms with Gasteiger partial charge in [0.25, 0.3) is 5.56 Å². The summed E-state index contributed by atoms with van der Waals surface area (Å²) in [5.74, 6) is 1.90. The molecule has 0 aliphatic heterocycles. The van der Waals surface area contributed by atoms with E-state index in [-0.39, 0.29) is 30.1 Å². The minimum atomic E-state index is -0.507. The van der Waals surface area contributed by atoms with E-state index in [1.165, 1.54) is 17.0 Å². The summed E-state index contributed by atoms with van der Waals surface area (Å²) in [4.78, 5) is 42.0. The molecule has 142 valence electrons. The van der Waals surface area contributed by atoms with Gasteiger partial charge in [-0.1, -0.05) is 36.3 Å². The average Bonchev–Trinajstić information content (AvgIpc) is 3.18. The Hall–Kier alpha value is -3.44. The van der Waals surface area contributed by atoms with Crippen LogP contribution in [-0.4, -0.2) is 26.7 Å². The lowest BCUT2D eigenvalue weighted by Crippen LogP contribution is -2.40. The summed E-state index contributed by atoms with van der Waals surface area (Å²) >= 11 is 1.03. The standard InChI is InChI=1S/C20H17N3O4S/c1-3-10-22-13-15(17-21-11-16(28-17)19(25)27-4-2)18(24)23(20(22)26)12-14-8-6-5-7-9-14/h1,5-9,11,13H,4,10,12H2,2H3. The number of rotatable bonds is 6. The minimum Gasteiger partial charge on any atom is -0.462 e. The number of carbonyl (C=O) groups excluding carboxylic acids is 1. The second-order valence-corrected chi connectivity index (χ2v) is 6.82. The van der Waals surface area contributed by atoms with E-state index >= 15 is 0 Å². The van der Waals surface area contributed by atoms with Crippen LogP contribution in [0.4, 0.5) is 0 Å². The van der Waals surface area contributed by atoms with Crippen molar-refractivity contribution in [1.29, 1.82) is 0 Å². The second kappa shape index (κ2) is 8.50. The first-order chi connectivity index (χ1) is 13.5. The molecule has 0 spiro atoms. The van der Waals surface area contributed by atoms with Crippen molar-refractivity contribution < 1.29 is 9.53 Å². The Labute approximate surface area is 164 Å². The molecule has 0 fully saturated rings. The first kappa shape index (κ1) is 19.3. The van der Waals surface area contributed by atoms with Crippen LogP contribution in [0.3, 0.4) is 0 Å². The van der Waals surface area contributed by atoms with Crippen LogP contribution < -0.4 is 11.2 Å². The van der Waals surface area contributed by atoms with Crippen LogP contribution in [0.2, 0.25) is 0 Å². The smallest absolute Gasteiger partial charge is 0.349 e. The third-order valence-electron chi connectivity index (χ3n) is 3.89. The Kier molecular flexibility index (Phi) is 5.87. The van der Waals surface area contributed by atoms with Gasteiger partial charge >= 0.3 is 11.7 Å². The number of terminal acetylenes is 1. The van der Waals surface area contributed by atoms with Gasteiger partial charge in [0.2, 0.25) is 0 Å². The lowest BCUT2D eigenvalue weighted by Gasteiger charge is -2.10. The molecule has 0 unspecified atom stereocenters. The first-order valence-corrected chi connectivity index (χ1v) is 9.31. The summed E-state index contributed by atoms with van der Waals surface area (Å²) in [6, 6.07) is 9.16. The summed E-state index contributed by atoms with van der Waals surface area (Å²) in [5, 5.41) is 0.320. The number of hydrogen-bond donors (Lipinski definition) is 0. The van der Waals surface area contributed by atoms with Crippen LogP contribution >= 0.6 is 11.3 Å². The van der Waals surface area contributed by atoms with Crippen molar-refractivity contribution in [2.24, 2.45) is 0 Å². The minimum absolute atomic E-state index is 0.0109. The topological polar surface area (TPSA) is 83.2 Å². The number of nitrogens with zero attached hydrogens (tertiary/aromatic N) is 3. The van der Waals surface area contributed by atoms with Crippen molar-refractivity contribution in [3.05, 3.63) is 74.0 Å². The van der Waals surface area contributed by atoms with Crippen LogP contribution in [0.5, 0.6) is 0 Å². The molecular formula is C20H17N3O4S. The van der Waals surface area contributed by atoms with E-state index in [2.05, 4.69) is 10.9 Å². The van der Waals surface area contributed by atoms with Crippen molar-refractivity contribution in [3.63, 3.8) is 0 Å². The molecule has 0 saturated heterocycles. The van der Waals surface area contributed by atoms with Crippen LogP contribution in [0.15, 0.2) is 52.3 Å². The highest BCUT2D eigenvalue weighted by Crippen LogP contribution is 2.22. The summed E-state index contributed by atoms with van der Waals surface area (Å²) in [6.07, 6.45) is 8.11. The molecule has 1 aromatic carbocycles. The van der Waals surface area contributed by atoms with Crippen LogP contribution in [-0.2, 0) is 17.8 Å². The van der Waals surface area contributed by atoms with E-state index in [0.29, 0.717) is 5.01 Å². The Bertz CT molecular complexity index is 1150. The number of hydrogen-bond acceptors (Lipinski definition) is 6. The Morgan fingerprint density at radius 2 is 2.04 bits per heavy atom. The van der Waals surface area contributed by atoms with Gasteiger partial charge in [-0.05, 0) is 12.5 Å². The predicted molar refractivity (Wildman–Crippen MR) is 106 cm³/mol. The highest BCUT2D eigenvalue weighted by Gasteiger charge is 2.18. The van der Waals surface area contributed by atoms with Crippen molar-refractivity contribution >= 4 is 17.3 Å². The molecule has 8 heteroatoms. The zero-order chi connectivity index (χ0) is 20.1. The third kappa shape index (κ3) is 3.94. The third-order valence-corrected chi connectivity index (χ3v) is 4.91. The molecule has 0 bridgehead atoms. The number of aromatic nitrogens is 3. The maximum Gasteiger partial charge on any atom is 0.349 e. The molecule has 3 aromatic rings. The predicted octanol–water partition coefficient (Wildman–Crippen LogP) is 1.99. The summed E-state index contributed by atoms with van der Waals surface area (Å²) in [5.41, 5.74) is 0.00778. The highest BCUT2D eigenvalue weighted by molar-refractivity contribution is 7.16. The maximum absolute atomic E-state index is 13.0. The number of thiazole rings is 1. The van der Waals surface area contributed by atoms with E-state index < -0.39 is 17.2 Å². The Morgan fingerprint density at radius 3 is 2.71 bits per heavy atom. The lowest BCUT2D eigenvalue weighted by atomic mass is 10.2.